The summed E-state index contributed by atoms with van der Waals surface area (Å²) in [5.74, 6) is 0.105. The van der Waals surface area contributed by atoms with Crippen molar-refractivity contribution in [3.8, 4) is 5.75 Å². The van der Waals surface area contributed by atoms with Crippen LogP contribution in [0, 0.1) is 13.8 Å². The van der Waals surface area contributed by atoms with Gasteiger partial charge in [0.1, 0.15) is 5.75 Å². The summed E-state index contributed by atoms with van der Waals surface area (Å²) < 4.78 is 77.7. The smallest absolute Gasteiger partial charge is 0.416 e. The van der Waals surface area contributed by atoms with Crippen molar-refractivity contribution >= 4 is 10.9 Å². The Balaban J connectivity index is 2.14. The van der Waals surface area contributed by atoms with E-state index in [2.05, 4.69) is 0 Å². The molecule has 0 radical (unpaired) electrons. The summed E-state index contributed by atoms with van der Waals surface area (Å²) in [5.41, 5.74) is -0.439. The molecule has 0 aliphatic rings. The Labute approximate surface area is 172 Å². The lowest BCUT2D eigenvalue weighted by molar-refractivity contribution is -0.138. The number of phenols is 1. The van der Waals surface area contributed by atoms with Crippen LogP contribution in [0.15, 0.2) is 75.4 Å². The maximum absolute atomic E-state index is 12.9. The van der Waals surface area contributed by atoms with Gasteiger partial charge in [-0.05, 0) is 100 Å². The van der Waals surface area contributed by atoms with Crippen LogP contribution in [0.25, 0.3) is 0 Å². The summed E-state index contributed by atoms with van der Waals surface area (Å²) in [6.07, 6.45) is -8.97. The van der Waals surface area contributed by atoms with E-state index < -0.39 is 34.4 Å². The first kappa shape index (κ1) is 22.1. The van der Waals surface area contributed by atoms with Gasteiger partial charge < -0.3 is 5.11 Å². The Morgan fingerprint density at radius 3 is 1.23 bits per heavy atom. The molecule has 0 aromatic heterocycles. The van der Waals surface area contributed by atoms with E-state index in [0.717, 1.165) is 29.2 Å². The summed E-state index contributed by atoms with van der Waals surface area (Å²) in [6, 6.07) is 12.7. The second-order valence-corrected chi connectivity index (χ2v) is 9.07. The minimum atomic E-state index is -4.48. The van der Waals surface area contributed by atoms with Gasteiger partial charge >= 0.3 is 12.4 Å². The molecular formula is C22H18F6OS. The summed E-state index contributed by atoms with van der Waals surface area (Å²) in [7, 11) is -1.43. The maximum atomic E-state index is 12.9. The van der Waals surface area contributed by atoms with Gasteiger partial charge in [0.2, 0.25) is 0 Å². The van der Waals surface area contributed by atoms with Crippen LogP contribution in [0.4, 0.5) is 26.3 Å². The van der Waals surface area contributed by atoms with Crippen molar-refractivity contribution in [1.82, 2.24) is 0 Å². The number of benzene rings is 3. The number of phenolic OH excluding ortho intramolecular Hbond substituents is 1. The molecule has 0 fully saturated rings. The van der Waals surface area contributed by atoms with E-state index in [1.165, 1.54) is 24.3 Å². The third-order valence-electron chi connectivity index (χ3n) is 4.64. The molecule has 0 bridgehead atoms. The van der Waals surface area contributed by atoms with Crippen molar-refractivity contribution < 1.29 is 31.4 Å². The molecule has 1 nitrogen and oxygen atoms in total. The fourth-order valence-corrected chi connectivity index (χ4v) is 5.54. The lowest BCUT2D eigenvalue weighted by Gasteiger charge is -2.25. The number of hydrogen-bond acceptors (Lipinski definition) is 1. The molecule has 0 unspecified atom stereocenters. The Bertz CT molecular complexity index is 957. The normalized spacial score (nSPS) is 12.7. The first-order chi connectivity index (χ1) is 13.9. The average molecular weight is 444 g/mol. The summed E-state index contributed by atoms with van der Waals surface area (Å²) in [5, 5.41) is 10.1. The van der Waals surface area contributed by atoms with Gasteiger partial charge in [0.15, 0.2) is 0 Å². The van der Waals surface area contributed by atoms with Crippen molar-refractivity contribution in [3.63, 3.8) is 0 Å². The number of aryl methyl sites for hydroxylation is 2. The molecule has 1 N–H and O–H groups in total. The number of hydrogen-bond donors (Lipinski definition) is 2. The molecule has 0 atom stereocenters. The molecule has 0 amide bonds. The van der Waals surface area contributed by atoms with E-state index in [-0.39, 0.29) is 5.75 Å². The molecule has 0 spiro atoms. The van der Waals surface area contributed by atoms with Gasteiger partial charge in [-0.15, -0.1) is 0 Å². The number of aromatic hydroxyl groups is 1. The molecule has 0 saturated carbocycles. The Hall–Kier alpha value is -2.61. The molecule has 0 heterocycles. The van der Waals surface area contributed by atoms with Gasteiger partial charge in [-0.25, -0.2) is 0 Å². The van der Waals surface area contributed by atoms with E-state index in [1.54, 1.807) is 26.0 Å². The lowest BCUT2D eigenvalue weighted by atomic mass is 10.1. The van der Waals surface area contributed by atoms with Crippen molar-refractivity contribution in [2.24, 2.45) is 0 Å². The third kappa shape index (κ3) is 4.59. The van der Waals surface area contributed by atoms with Crippen LogP contribution in [-0.2, 0) is 12.4 Å². The van der Waals surface area contributed by atoms with E-state index in [9.17, 15) is 31.4 Å². The Morgan fingerprint density at radius 2 is 0.933 bits per heavy atom. The minimum absolute atomic E-state index is 0.105. The van der Waals surface area contributed by atoms with Gasteiger partial charge in [-0.3, -0.25) is 0 Å². The largest absolute Gasteiger partial charge is 0.507 e. The van der Waals surface area contributed by atoms with Crippen LogP contribution in [0.2, 0.25) is 0 Å². The predicted molar refractivity (Wildman–Crippen MR) is 104 cm³/mol. The topological polar surface area (TPSA) is 20.2 Å². The van der Waals surface area contributed by atoms with Crippen molar-refractivity contribution in [1.29, 1.82) is 0 Å². The van der Waals surface area contributed by atoms with Gasteiger partial charge in [0.05, 0.1) is 11.1 Å². The van der Waals surface area contributed by atoms with E-state index in [0.29, 0.717) is 20.9 Å². The SMILES string of the molecule is Cc1cc([SH](c2ccc(C(F)(F)F)cc2)c2ccc(C(F)(F)F)cc2)cc(C)c1O. The maximum Gasteiger partial charge on any atom is 0.416 e. The third-order valence-corrected chi connectivity index (χ3v) is 7.04. The van der Waals surface area contributed by atoms with Crippen LogP contribution < -0.4 is 0 Å². The zero-order chi connectivity index (χ0) is 22.3. The molecule has 160 valence electrons. The molecule has 0 aliphatic carbocycles. The summed E-state index contributed by atoms with van der Waals surface area (Å²) >= 11 is 0. The van der Waals surface area contributed by atoms with E-state index in [4.69, 9.17) is 0 Å². The zero-order valence-electron chi connectivity index (χ0n) is 15.9. The number of halogens is 6. The lowest BCUT2D eigenvalue weighted by Crippen LogP contribution is -2.05. The molecule has 0 saturated heterocycles. The highest BCUT2D eigenvalue weighted by Gasteiger charge is 2.31. The molecular weight excluding hydrogens is 426 g/mol. The van der Waals surface area contributed by atoms with Crippen LogP contribution in [-0.4, -0.2) is 5.11 Å². The van der Waals surface area contributed by atoms with Crippen LogP contribution >= 0.6 is 10.9 Å². The van der Waals surface area contributed by atoms with Gasteiger partial charge in [-0.2, -0.15) is 37.2 Å². The fraction of sp³-hybridized carbons (Fsp3) is 0.182. The fourth-order valence-electron chi connectivity index (χ4n) is 3.11. The molecule has 3 aromatic carbocycles. The van der Waals surface area contributed by atoms with E-state index >= 15 is 0 Å². The molecule has 8 heteroatoms. The van der Waals surface area contributed by atoms with Crippen molar-refractivity contribution in [3.05, 3.63) is 82.9 Å². The second-order valence-electron chi connectivity index (χ2n) is 6.85. The average Bonchev–Trinajstić information content (AvgIpc) is 2.66. The zero-order valence-corrected chi connectivity index (χ0v) is 16.8. The Kier molecular flexibility index (Phi) is 5.82. The summed E-state index contributed by atoms with van der Waals surface area (Å²) in [4.78, 5) is 1.84. The monoisotopic (exact) mass is 444 g/mol. The van der Waals surface area contributed by atoms with Crippen LogP contribution in [0.5, 0.6) is 5.75 Å². The summed E-state index contributed by atoms with van der Waals surface area (Å²) in [6.45, 7) is 3.39. The highest BCUT2D eigenvalue weighted by Crippen LogP contribution is 2.53. The quantitative estimate of drug-likeness (QED) is 0.316. The second kappa shape index (κ2) is 7.91. The van der Waals surface area contributed by atoms with Gasteiger partial charge in [0.25, 0.3) is 0 Å². The highest BCUT2D eigenvalue weighted by molar-refractivity contribution is 8.17. The number of rotatable bonds is 3. The highest BCUT2D eigenvalue weighted by atomic mass is 32.2. The van der Waals surface area contributed by atoms with Crippen molar-refractivity contribution in [2.75, 3.05) is 0 Å². The van der Waals surface area contributed by atoms with E-state index in [1.807, 2.05) is 0 Å². The number of alkyl halides is 6. The van der Waals surface area contributed by atoms with Gasteiger partial charge in [0, 0.05) is 0 Å². The molecule has 0 aliphatic heterocycles. The standard InChI is InChI=1S/C22H18F6OS/c1-13-11-19(12-14(2)20(13)29)30(17-7-3-15(4-8-17)21(23,24)25)18-9-5-16(6-10-18)22(26,27)28/h3-12,29-30H,1-2H3. The molecule has 3 aromatic rings. The van der Waals surface area contributed by atoms with Gasteiger partial charge in [-0.1, -0.05) is 0 Å². The minimum Gasteiger partial charge on any atom is -0.507 e. The van der Waals surface area contributed by atoms with Crippen molar-refractivity contribution in [2.45, 2.75) is 40.9 Å². The molecule has 30 heavy (non-hydrogen) atoms. The Morgan fingerprint density at radius 1 is 0.600 bits per heavy atom. The molecule has 3 rings (SSSR count). The predicted octanol–water partition coefficient (Wildman–Crippen LogP) is 7.52. The van der Waals surface area contributed by atoms with Crippen LogP contribution in [0.1, 0.15) is 22.3 Å². The van der Waals surface area contributed by atoms with Crippen LogP contribution in [0.3, 0.4) is 0 Å². The first-order valence-electron chi connectivity index (χ1n) is 8.83. The number of thiol groups is 1. The first-order valence-corrected chi connectivity index (χ1v) is 10.2.